The van der Waals surface area contributed by atoms with Gasteiger partial charge >= 0.3 is 5.69 Å². The molecule has 2 aromatic rings. The second-order valence-electron chi connectivity index (χ2n) is 3.64. The minimum absolute atomic E-state index is 0.109. The Kier molecular flexibility index (Phi) is 2.06. The number of halogens is 1. The Morgan fingerprint density at radius 3 is 2.60 bits per heavy atom. The van der Waals surface area contributed by atoms with E-state index in [-0.39, 0.29) is 19.6 Å². The molecule has 8 heteroatoms. The van der Waals surface area contributed by atoms with E-state index in [1.165, 1.54) is 18.2 Å². The van der Waals surface area contributed by atoms with Crippen LogP contribution < -0.4 is 11.2 Å². The fraction of sp³-hybridized carbons (Fsp3) is 0.167. The minimum Gasteiger partial charge on any atom is -0.278 e. The van der Waals surface area contributed by atoms with Crippen molar-refractivity contribution in [1.29, 1.82) is 0 Å². The smallest absolute Gasteiger partial charge is 0.278 e. The minimum atomic E-state index is -4.62. The van der Waals surface area contributed by atoms with Crippen molar-refractivity contribution >= 4 is 10.0 Å². The summed E-state index contributed by atoms with van der Waals surface area (Å²) in [7, 11) is -4.62. The van der Waals surface area contributed by atoms with Crippen molar-refractivity contribution in [3.8, 4) is 0 Å². The molecule has 0 N–H and O–H groups in total. The fourth-order valence-electron chi connectivity index (χ4n) is 1.49. The summed E-state index contributed by atoms with van der Waals surface area (Å²) < 4.78 is 82.1. The first-order chi connectivity index (χ1) is 11.7. The molecule has 0 spiro atoms. The highest BCUT2D eigenvalue weighted by molar-refractivity contribution is 7.90. The molecule has 0 saturated carbocycles. The van der Waals surface area contributed by atoms with Gasteiger partial charge in [-0.1, -0.05) is 18.2 Å². The van der Waals surface area contributed by atoms with Crippen molar-refractivity contribution in [3.05, 3.63) is 58.3 Å². The van der Waals surface area contributed by atoms with E-state index in [1.54, 1.807) is 0 Å². The van der Waals surface area contributed by atoms with Crippen molar-refractivity contribution in [1.82, 2.24) is 8.54 Å². The first-order valence-electron chi connectivity index (χ1n) is 8.16. The van der Waals surface area contributed by atoms with Crippen LogP contribution in [0, 0.1) is 5.82 Å². The molecular formula is C12H12FN3O3S. The zero-order valence-electron chi connectivity index (χ0n) is 15.8. The predicted octanol–water partition coefficient (Wildman–Crippen LogP) is 0.0934. The molecule has 106 valence electrons. The second-order valence-corrected chi connectivity index (χ2v) is 5.46. The molecule has 6 nitrogen and oxygen atoms in total. The van der Waals surface area contributed by atoms with Gasteiger partial charge in [0.05, 0.1) is 11.1 Å². The zero-order chi connectivity index (χ0) is 19.9. The highest BCUT2D eigenvalue weighted by Crippen LogP contribution is 2.10. The van der Waals surface area contributed by atoms with Crippen LogP contribution >= 0.6 is 0 Å². The van der Waals surface area contributed by atoms with Gasteiger partial charge in [0, 0.05) is 22.2 Å². The van der Waals surface area contributed by atoms with Crippen LogP contribution in [0.15, 0.2) is 51.2 Å². The highest BCUT2D eigenvalue weighted by atomic mass is 32.2. The highest BCUT2D eigenvalue weighted by Gasteiger charge is 2.20. The lowest BCUT2D eigenvalue weighted by molar-refractivity contribution is 0.537. The Balaban J connectivity index is 2.97. The Hall–Kier alpha value is -2.22. The van der Waals surface area contributed by atoms with E-state index in [0.29, 0.717) is 0 Å². The molecule has 0 aliphatic rings. The van der Waals surface area contributed by atoms with E-state index in [9.17, 15) is 17.6 Å². The molecule has 0 amide bonds. The average Bonchev–Trinajstić information content (AvgIpc) is 2.48. The van der Waals surface area contributed by atoms with Gasteiger partial charge in [-0.05, 0) is 12.1 Å². The first-order valence-corrected chi connectivity index (χ1v) is 6.60. The monoisotopic (exact) mass is 303 g/mol. The maximum Gasteiger partial charge on any atom is 0.343 e. The van der Waals surface area contributed by atoms with Gasteiger partial charge in [-0.2, -0.15) is 3.97 Å². The quantitative estimate of drug-likeness (QED) is 0.789. The molecule has 0 aliphatic carbocycles. The molecule has 0 unspecified atom stereocenters. The molecular weight excluding hydrogens is 285 g/mol. The van der Waals surface area contributed by atoms with E-state index >= 15 is 0 Å². The summed E-state index contributed by atoms with van der Waals surface area (Å²) in [5, 5.41) is 0. The van der Waals surface area contributed by atoms with Gasteiger partial charge in [0.2, 0.25) is 0 Å². The van der Waals surface area contributed by atoms with Crippen molar-refractivity contribution in [2.75, 3.05) is 6.98 Å². The number of hydrogen-bond acceptors (Lipinski definition) is 4. The average molecular weight is 303 g/mol. The van der Waals surface area contributed by atoms with Gasteiger partial charge < -0.3 is 0 Å². The standard InChI is InChI=1S/C12H12FN3O3S/c1-14-11-10(13)8-16(12(17)15(11)2)20(18,19)9-6-4-3-5-7-9/h3-8H,1-2H3/b14-11+/i1D3,2D3. The van der Waals surface area contributed by atoms with Crippen LogP contribution in [0.5, 0.6) is 0 Å². The number of nitrogens with zero attached hydrogens (tertiary/aromatic N) is 3. The lowest BCUT2D eigenvalue weighted by Gasteiger charge is -2.09. The van der Waals surface area contributed by atoms with E-state index in [0.717, 1.165) is 12.1 Å². The van der Waals surface area contributed by atoms with E-state index < -0.39 is 41.0 Å². The molecule has 0 aliphatic heterocycles. The maximum atomic E-state index is 14.4. The van der Waals surface area contributed by atoms with Crippen LogP contribution in [0.4, 0.5) is 4.39 Å². The van der Waals surface area contributed by atoms with Crippen molar-refractivity contribution in [2.24, 2.45) is 12.0 Å². The fourth-order valence-corrected chi connectivity index (χ4v) is 2.74. The molecule has 1 aromatic carbocycles. The van der Waals surface area contributed by atoms with Gasteiger partial charge in [-0.25, -0.2) is 17.6 Å². The molecule has 0 fully saturated rings. The summed E-state index contributed by atoms with van der Waals surface area (Å²) in [5.41, 5.74) is -2.98. The van der Waals surface area contributed by atoms with Crippen LogP contribution in [-0.2, 0) is 17.0 Å². The molecule has 1 aromatic heterocycles. The van der Waals surface area contributed by atoms with Gasteiger partial charge in [0.1, 0.15) is 0 Å². The molecule has 0 saturated heterocycles. The van der Waals surface area contributed by atoms with Crippen molar-refractivity contribution < 1.29 is 21.0 Å². The Labute approximate surface area is 122 Å². The lowest BCUT2D eigenvalue weighted by atomic mass is 10.4. The van der Waals surface area contributed by atoms with Crippen LogP contribution in [0.3, 0.4) is 0 Å². The van der Waals surface area contributed by atoms with Gasteiger partial charge in [0.15, 0.2) is 11.3 Å². The molecule has 20 heavy (non-hydrogen) atoms. The Morgan fingerprint density at radius 1 is 1.30 bits per heavy atom. The summed E-state index contributed by atoms with van der Waals surface area (Å²) in [4.78, 5) is 15.0. The van der Waals surface area contributed by atoms with Crippen molar-refractivity contribution in [2.45, 2.75) is 4.90 Å². The van der Waals surface area contributed by atoms with Gasteiger partial charge in [-0.3, -0.25) is 9.56 Å². The third kappa shape index (κ3) is 2.18. The summed E-state index contributed by atoms with van der Waals surface area (Å²) in [5.74, 6) is -1.60. The number of hydrogen-bond donors (Lipinski definition) is 0. The number of rotatable bonds is 2. The van der Waals surface area contributed by atoms with Crippen LogP contribution in [0.1, 0.15) is 8.22 Å². The van der Waals surface area contributed by atoms with Crippen LogP contribution in [0.25, 0.3) is 0 Å². The lowest BCUT2D eigenvalue weighted by Crippen LogP contribution is -2.42. The molecule has 1 heterocycles. The van der Waals surface area contributed by atoms with Crippen LogP contribution in [0.2, 0.25) is 0 Å². The summed E-state index contributed by atoms with van der Waals surface area (Å²) in [6.45, 7) is -6.53. The Bertz CT molecular complexity index is 1050. The number of benzene rings is 1. The van der Waals surface area contributed by atoms with E-state index in [1.807, 2.05) is 0 Å². The van der Waals surface area contributed by atoms with E-state index in [2.05, 4.69) is 4.99 Å². The molecule has 0 atom stereocenters. The SMILES string of the molecule is [2H]C([2H])([2H])/N=c1\c(F)cn(S(=O)(=O)c2ccccc2)c(=O)n1C([2H])([2H])[2H]. The number of aromatic nitrogens is 2. The van der Waals surface area contributed by atoms with E-state index in [4.69, 9.17) is 8.22 Å². The topological polar surface area (TPSA) is 73.4 Å². The second kappa shape index (κ2) is 5.04. The third-order valence-corrected chi connectivity index (χ3v) is 4.09. The molecule has 0 radical (unpaired) electrons. The predicted molar refractivity (Wildman–Crippen MR) is 70.1 cm³/mol. The first kappa shape index (κ1) is 8.15. The normalized spacial score (nSPS) is 18.4. The zero-order valence-corrected chi connectivity index (χ0v) is 10.6. The van der Waals surface area contributed by atoms with Crippen LogP contribution in [-0.4, -0.2) is 23.9 Å². The van der Waals surface area contributed by atoms with Crippen molar-refractivity contribution in [3.63, 3.8) is 0 Å². The summed E-state index contributed by atoms with van der Waals surface area (Å²) in [6, 6.07) is 6.46. The third-order valence-electron chi connectivity index (χ3n) is 2.44. The van der Waals surface area contributed by atoms with Gasteiger partial charge in [0.25, 0.3) is 10.0 Å². The maximum absolute atomic E-state index is 14.4. The summed E-state index contributed by atoms with van der Waals surface area (Å²) >= 11 is 0. The molecule has 0 bridgehead atoms. The Morgan fingerprint density at radius 2 is 2.00 bits per heavy atom. The van der Waals surface area contributed by atoms with Gasteiger partial charge in [-0.15, -0.1) is 0 Å². The summed E-state index contributed by atoms with van der Waals surface area (Å²) in [6.07, 6.45) is 0.192. The molecule has 2 rings (SSSR count). The largest absolute Gasteiger partial charge is 0.343 e.